The second kappa shape index (κ2) is 6.61. The van der Waals surface area contributed by atoms with E-state index >= 15 is 0 Å². The van der Waals surface area contributed by atoms with Gasteiger partial charge in [0.1, 0.15) is 5.76 Å². The summed E-state index contributed by atoms with van der Waals surface area (Å²) in [5, 5.41) is 8.68. The van der Waals surface area contributed by atoms with Gasteiger partial charge in [-0.2, -0.15) is 0 Å². The molecular weight excluding hydrogens is 268 g/mol. The molecule has 0 aromatic carbocycles. The first-order valence-electron chi connectivity index (χ1n) is 5.53. The van der Waals surface area contributed by atoms with Gasteiger partial charge in [-0.15, -0.1) is 23.1 Å². The number of nitrogens with zero attached hydrogens (tertiary/aromatic N) is 1. The summed E-state index contributed by atoms with van der Waals surface area (Å²) in [6.45, 7) is 2.49. The van der Waals surface area contributed by atoms with Crippen LogP contribution in [0.3, 0.4) is 0 Å². The highest BCUT2D eigenvalue weighted by Crippen LogP contribution is 2.13. The van der Waals surface area contributed by atoms with E-state index in [2.05, 4.69) is 10.5 Å². The molecule has 2 aromatic rings. The molecule has 0 atom stereocenters. The molecule has 0 aliphatic rings. The van der Waals surface area contributed by atoms with Gasteiger partial charge in [-0.05, 0) is 18.4 Å². The molecule has 0 radical (unpaired) electrons. The number of hydrogen-bond donors (Lipinski definition) is 1. The molecular formula is C12H14N2O2S2. The lowest BCUT2D eigenvalue weighted by molar-refractivity contribution is -0.118. The van der Waals surface area contributed by atoms with Crippen LogP contribution in [-0.2, 0) is 17.1 Å². The van der Waals surface area contributed by atoms with Crippen molar-refractivity contribution in [3.63, 3.8) is 0 Å². The molecule has 0 aliphatic heterocycles. The zero-order valence-electron chi connectivity index (χ0n) is 10.0. The minimum atomic E-state index is 0.0460. The standard InChI is InChI=1S/C12H14N2O2S2/c1-9-5-10(16-14-9)7-17-8-12(15)13-6-11-3-2-4-18-11/h2-5H,6-8H2,1H3,(H,13,15). The maximum absolute atomic E-state index is 11.6. The second-order valence-corrected chi connectivity index (χ2v) is 5.80. The fourth-order valence-corrected chi connectivity index (χ4v) is 2.75. The van der Waals surface area contributed by atoms with Gasteiger partial charge in [-0.1, -0.05) is 11.2 Å². The third-order valence-electron chi connectivity index (χ3n) is 2.19. The molecule has 0 aliphatic carbocycles. The number of carbonyl (C=O) groups is 1. The molecule has 0 saturated heterocycles. The van der Waals surface area contributed by atoms with E-state index < -0.39 is 0 Å². The van der Waals surface area contributed by atoms with Crippen molar-refractivity contribution in [3.8, 4) is 0 Å². The lowest BCUT2D eigenvalue weighted by Crippen LogP contribution is -2.24. The predicted octanol–water partition coefficient (Wildman–Crippen LogP) is 2.59. The van der Waals surface area contributed by atoms with Gasteiger partial charge >= 0.3 is 0 Å². The van der Waals surface area contributed by atoms with Crippen molar-refractivity contribution in [1.29, 1.82) is 0 Å². The van der Waals surface area contributed by atoms with Crippen LogP contribution in [0.15, 0.2) is 28.1 Å². The Morgan fingerprint density at radius 2 is 2.50 bits per heavy atom. The first-order chi connectivity index (χ1) is 8.74. The predicted molar refractivity (Wildman–Crippen MR) is 73.6 cm³/mol. The summed E-state index contributed by atoms with van der Waals surface area (Å²) in [4.78, 5) is 12.7. The molecule has 4 nitrogen and oxygen atoms in total. The highest BCUT2D eigenvalue weighted by Gasteiger charge is 2.05. The van der Waals surface area contributed by atoms with E-state index in [1.165, 1.54) is 16.6 Å². The molecule has 1 N–H and O–H groups in total. The topological polar surface area (TPSA) is 55.1 Å². The molecule has 1 amide bonds. The Hall–Kier alpha value is -1.27. The summed E-state index contributed by atoms with van der Waals surface area (Å²) in [5.74, 6) is 1.96. The summed E-state index contributed by atoms with van der Waals surface area (Å²) in [7, 11) is 0. The molecule has 0 spiro atoms. The maximum atomic E-state index is 11.6. The number of nitrogens with one attached hydrogen (secondary N) is 1. The van der Waals surface area contributed by atoms with Gasteiger partial charge in [0, 0.05) is 10.9 Å². The molecule has 2 rings (SSSR count). The zero-order chi connectivity index (χ0) is 12.8. The average Bonchev–Trinajstić information content (AvgIpc) is 2.98. The Labute approximate surface area is 114 Å². The van der Waals surface area contributed by atoms with Crippen molar-refractivity contribution in [2.75, 3.05) is 5.75 Å². The Kier molecular flexibility index (Phi) is 4.83. The summed E-state index contributed by atoms with van der Waals surface area (Å²) in [5.41, 5.74) is 0.868. The van der Waals surface area contributed by atoms with Gasteiger partial charge in [0.25, 0.3) is 0 Å². The zero-order valence-corrected chi connectivity index (χ0v) is 11.6. The molecule has 2 heterocycles. The van der Waals surface area contributed by atoms with Crippen molar-refractivity contribution >= 4 is 29.0 Å². The van der Waals surface area contributed by atoms with Crippen LogP contribution in [0.25, 0.3) is 0 Å². The molecule has 0 bridgehead atoms. The highest BCUT2D eigenvalue weighted by molar-refractivity contribution is 7.99. The summed E-state index contributed by atoms with van der Waals surface area (Å²) >= 11 is 3.17. The third kappa shape index (κ3) is 4.19. The van der Waals surface area contributed by atoms with E-state index in [0.29, 0.717) is 18.1 Å². The monoisotopic (exact) mass is 282 g/mol. The molecule has 6 heteroatoms. The van der Waals surface area contributed by atoms with Crippen molar-refractivity contribution in [2.45, 2.75) is 19.2 Å². The Morgan fingerprint density at radius 1 is 1.61 bits per heavy atom. The van der Waals surface area contributed by atoms with Crippen LogP contribution < -0.4 is 5.32 Å². The number of aryl methyl sites for hydroxylation is 1. The molecule has 96 valence electrons. The van der Waals surface area contributed by atoms with Crippen LogP contribution >= 0.6 is 23.1 Å². The van der Waals surface area contributed by atoms with Crippen LogP contribution in [0, 0.1) is 6.92 Å². The summed E-state index contributed by atoms with van der Waals surface area (Å²) in [6, 6.07) is 5.87. The lowest BCUT2D eigenvalue weighted by atomic mass is 10.4. The fraction of sp³-hybridized carbons (Fsp3) is 0.333. The van der Waals surface area contributed by atoms with Gasteiger partial charge in [0.2, 0.25) is 5.91 Å². The number of hydrogen-bond acceptors (Lipinski definition) is 5. The molecule has 0 unspecified atom stereocenters. The fourth-order valence-electron chi connectivity index (χ4n) is 1.38. The van der Waals surface area contributed by atoms with Crippen molar-refractivity contribution in [3.05, 3.63) is 39.9 Å². The summed E-state index contributed by atoms with van der Waals surface area (Å²) < 4.78 is 5.06. The Morgan fingerprint density at radius 3 is 3.17 bits per heavy atom. The van der Waals surface area contributed by atoms with Gasteiger partial charge < -0.3 is 9.84 Å². The number of carbonyl (C=O) groups excluding carboxylic acids is 1. The number of aromatic nitrogens is 1. The van der Waals surface area contributed by atoms with Gasteiger partial charge in [0.05, 0.1) is 23.7 Å². The average molecular weight is 282 g/mol. The molecule has 18 heavy (non-hydrogen) atoms. The number of thioether (sulfide) groups is 1. The first kappa shape index (κ1) is 13.2. The minimum Gasteiger partial charge on any atom is -0.360 e. The SMILES string of the molecule is Cc1cc(CSCC(=O)NCc2cccs2)on1. The van der Waals surface area contributed by atoms with E-state index in [1.54, 1.807) is 11.3 Å². The molecule has 0 fully saturated rings. The highest BCUT2D eigenvalue weighted by atomic mass is 32.2. The van der Waals surface area contributed by atoms with E-state index in [4.69, 9.17) is 4.52 Å². The van der Waals surface area contributed by atoms with E-state index in [9.17, 15) is 4.79 Å². The van der Waals surface area contributed by atoms with Crippen molar-refractivity contribution in [1.82, 2.24) is 10.5 Å². The smallest absolute Gasteiger partial charge is 0.230 e. The number of amides is 1. The Balaban J connectivity index is 1.63. The van der Waals surface area contributed by atoms with Crippen LogP contribution in [0.2, 0.25) is 0 Å². The van der Waals surface area contributed by atoms with Crippen LogP contribution in [-0.4, -0.2) is 16.8 Å². The van der Waals surface area contributed by atoms with Gasteiger partial charge in [-0.25, -0.2) is 0 Å². The third-order valence-corrected chi connectivity index (χ3v) is 4.03. The van der Waals surface area contributed by atoms with Crippen LogP contribution in [0.4, 0.5) is 0 Å². The van der Waals surface area contributed by atoms with E-state index in [-0.39, 0.29) is 5.91 Å². The van der Waals surface area contributed by atoms with E-state index in [1.807, 2.05) is 30.5 Å². The van der Waals surface area contributed by atoms with Crippen LogP contribution in [0.1, 0.15) is 16.3 Å². The van der Waals surface area contributed by atoms with Gasteiger partial charge in [0.15, 0.2) is 0 Å². The quantitative estimate of drug-likeness (QED) is 0.885. The minimum absolute atomic E-state index is 0.0460. The van der Waals surface area contributed by atoms with Crippen molar-refractivity contribution in [2.24, 2.45) is 0 Å². The molecule has 2 aromatic heterocycles. The lowest BCUT2D eigenvalue weighted by Gasteiger charge is -2.02. The van der Waals surface area contributed by atoms with Crippen molar-refractivity contribution < 1.29 is 9.32 Å². The second-order valence-electron chi connectivity index (χ2n) is 3.78. The van der Waals surface area contributed by atoms with E-state index in [0.717, 1.165) is 11.5 Å². The number of thiophene rings is 1. The normalized spacial score (nSPS) is 10.5. The Bertz CT molecular complexity index is 494. The summed E-state index contributed by atoms with van der Waals surface area (Å²) in [6.07, 6.45) is 0. The molecule has 0 saturated carbocycles. The maximum Gasteiger partial charge on any atom is 0.230 e. The largest absolute Gasteiger partial charge is 0.360 e. The van der Waals surface area contributed by atoms with Gasteiger partial charge in [-0.3, -0.25) is 4.79 Å². The van der Waals surface area contributed by atoms with Crippen LogP contribution in [0.5, 0.6) is 0 Å². The first-order valence-corrected chi connectivity index (χ1v) is 7.56. The number of rotatable bonds is 6.